The van der Waals surface area contributed by atoms with Gasteiger partial charge in [0.25, 0.3) is 11.8 Å². The number of halogens is 1. The first-order valence-corrected chi connectivity index (χ1v) is 8.71. The second kappa shape index (κ2) is 7.88. The van der Waals surface area contributed by atoms with E-state index in [4.69, 9.17) is 0 Å². The lowest BCUT2D eigenvalue weighted by Gasteiger charge is -2.04. The summed E-state index contributed by atoms with van der Waals surface area (Å²) in [5, 5.41) is 5.61. The third-order valence-electron chi connectivity index (χ3n) is 3.64. The molecule has 0 fully saturated rings. The monoisotopic (exact) mass is 369 g/mol. The van der Waals surface area contributed by atoms with E-state index in [2.05, 4.69) is 15.6 Å². The zero-order valence-electron chi connectivity index (χ0n) is 14.0. The summed E-state index contributed by atoms with van der Waals surface area (Å²) in [5.74, 6) is -1.48. The number of carbonyl (C=O) groups is 2. The normalized spacial score (nSPS) is 10.4. The average molecular weight is 369 g/mol. The van der Waals surface area contributed by atoms with Crippen LogP contribution in [0.1, 0.15) is 31.3 Å². The van der Waals surface area contributed by atoms with E-state index in [0.717, 1.165) is 16.9 Å². The minimum absolute atomic E-state index is 0.0737. The van der Waals surface area contributed by atoms with Crippen LogP contribution in [0, 0.1) is 12.7 Å². The van der Waals surface area contributed by atoms with Crippen LogP contribution < -0.4 is 10.6 Å². The fourth-order valence-electron chi connectivity index (χ4n) is 2.33. The molecule has 0 atom stereocenters. The summed E-state index contributed by atoms with van der Waals surface area (Å²) in [6.45, 7) is 2.08. The largest absolute Gasteiger partial charge is 0.347 e. The van der Waals surface area contributed by atoms with Gasteiger partial charge in [-0.05, 0) is 24.6 Å². The van der Waals surface area contributed by atoms with Crippen molar-refractivity contribution in [3.63, 3.8) is 0 Å². The zero-order valence-corrected chi connectivity index (χ0v) is 14.8. The molecular formula is C19H16FN3O2S. The van der Waals surface area contributed by atoms with Crippen LogP contribution in [0.5, 0.6) is 0 Å². The molecule has 2 aromatic carbocycles. The van der Waals surface area contributed by atoms with Crippen LogP contribution >= 0.6 is 11.3 Å². The molecule has 0 saturated heterocycles. The van der Waals surface area contributed by atoms with E-state index in [9.17, 15) is 14.0 Å². The Bertz CT molecular complexity index is 941. The van der Waals surface area contributed by atoms with E-state index in [1.807, 2.05) is 30.3 Å². The van der Waals surface area contributed by atoms with Crippen LogP contribution in [-0.4, -0.2) is 16.8 Å². The molecule has 0 unspecified atom stereocenters. The molecule has 3 aromatic rings. The topological polar surface area (TPSA) is 71.1 Å². The standard InChI is InChI=1S/C19H16FN3O2S/c1-12-16(18(25)21-11-13-7-3-2-4-8-13)26-19(22-12)23-17(24)14-9-5-6-10-15(14)20/h2-10H,11H2,1H3,(H,21,25)(H,22,23,24). The van der Waals surface area contributed by atoms with E-state index in [1.165, 1.54) is 18.2 Å². The highest BCUT2D eigenvalue weighted by molar-refractivity contribution is 7.17. The molecule has 0 radical (unpaired) electrons. The Hall–Kier alpha value is -3.06. The molecule has 7 heteroatoms. The van der Waals surface area contributed by atoms with Crippen molar-refractivity contribution >= 4 is 28.3 Å². The SMILES string of the molecule is Cc1nc(NC(=O)c2ccccc2F)sc1C(=O)NCc1ccccc1. The van der Waals surface area contributed by atoms with E-state index in [1.54, 1.807) is 13.0 Å². The molecule has 2 N–H and O–H groups in total. The lowest BCUT2D eigenvalue weighted by atomic mass is 10.2. The van der Waals surface area contributed by atoms with Gasteiger partial charge < -0.3 is 5.32 Å². The van der Waals surface area contributed by atoms with Gasteiger partial charge in [-0.2, -0.15) is 0 Å². The second-order valence-corrected chi connectivity index (χ2v) is 6.53. The summed E-state index contributed by atoms with van der Waals surface area (Å²) in [5.41, 5.74) is 1.41. The first-order valence-electron chi connectivity index (χ1n) is 7.90. The maximum absolute atomic E-state index is 13.7. The molecular weight excluding hydrogens is 353 g/mol. The number of nitrogens with zero attached hydrogens (tertiary/aromatic N) is 1. The van der Waals surface area contributed by atoms with Gasteiger partial charge in [0.1, 0.15) is 10.7 Å². The minimum atomic E-state index is -0.612. The third-order valence-corrected chi connectivity index (χ3v) is 4.71. The van der Waals surface area contributed by atoms with Crippen molar-refractivity contribution in [2.75, 3.05) is 5.32 Å². The smallest absolute Gasteiger partial charge is 0.263 e. The van der Waals surface area contributed by atoms with Crippen LogP contribution in [0.4, 0.5) is 9.52 Å². The van der Waals surface area contributed by atoms with Gasteiger partial charge >= 0.3 is 0 Å². The Morgan fingerprint density at radius 1 is 1.04 bits per heavy atom. The number of aromatic nitrogens is 1. The maximum Gasteiger partial charge on any atom is 0.263 e. The van der Waals surface area contributed by atoms with Gasteiger partial charge in [0.2, 0.25) is 0 Å². The lowest BCUT2D eigenvalue weighted by Crippen LogP contribution is -2.22. The van der Waals surface area contributed by atoms with Crippen molar-refractivity contribution in [2.24, 2.45) is 0 Å². The Labute approximate surface area is 153 Å². The van der Waals surface area contributed by atoms with Gasteiger partial charge in [0.15, 0.2) is 5.13 Å². The van der Waals surface area contributed by atoms with Crippen LogP contribution in [0.15, 0.2) is 54.6 Å². The number of hydrogen-bond donors (Lipinski definition) is 2. The summed E-state index contributed by atoms with van der Waals surface area (Å²) in [6, 6.07) is 15.2. The first-order chi connectivity index (χ1) is 12.5. The van der Waals surface area contributed by atoms with Gasteiger partial charge in [-0.15, -0.1) is 0 Å². The van der Waals surface area contributed by atoms with Crippen molar-refractivity contribution in [3.8, 4) is 0 Å². The third kappa shape index (κ3) is 4.12. The molecule has 3 rings (SSSR count). The molecule has 1 aromatic heterocycles. The second-order valence-electron chi connectivity index (χ2n) is 5.54. The molecule has 0 saturated carbocycles. The fourth-order valence-corrected chi connectivity index (χ4v) is 3.21. The van der Waals surface area contributed by atoms with Crippen molar-refractivity contribution in [2.45, 2.75) is 13.5 Å². The van der Waals surface area contributed by atoms with E-state index < -0.39 is 11.7 Å². The van der Waals surface area contributed by atoms with Gasteiger partial charge in [-0.3, -0.25) is 14.9 Å². The van der Waals surface area contributed by atoms with Crippen molar-refractivity contribution in [1.29, 1.82) is 0 Å². The molecule has 132 valence electrons. The number of amides is 2. The van der Waals surface area contributed by atoms with E-state index in [0.29, 0.717) is 17.1 Å². The summed E-state index contributed by atoms with van der Waals surface area (Å²) < 4.78 is 13.7. The number of anilines is 1. The quantitative estimate of drug-likeness (QED) is 0.719. The van der Waals surface area contributed by atoms with Crippen molar-refractivity contribution < 1.29 is 14.0 Å². The highest BCUT2D eigenvalue weighted by atomic mass is 32.1. The molecule has 0 aliphatic carbocycles. The van der Waals surface area contributed by atoms with Gasteiger partial charge in [-0.1, -0.05) is 53.8 Å². The molecule has 5 nitrogen and oxygen atoms in total. The molecule has 0 bridgehead atoms. The lowest BCUT2D eigenvalue weighted by molar-refractivity contribution is 0.0953. The minimum Gasteiger partial charge on any atom is -0.347 e. The predicted molar refractivity (Wildman–Crippen MR) is 98.8 cm³/mol. The van der Waals surface area contributed by atoms with E-state index in [-0.39, 0.29) is 16.6 Å². The number of thiazole rings is 1. The van der Waals surface area contributed by atoms with Gasteiger partial charge in [-0.25, -0.2) is 9.37 Å². The highest BCUT2D eigenvalue weighted by Gasteiger charge is 2.18. The number of benzene rings is 2. The first kappa shape index (κ1) is 17.8. The molecule has 0 aliphatic heterocycles. The number of rotatable bonds is 5. The van der Waals surface area contributed by atoms with Gasteiger partial charge in [0.05, 0.1) is 11.3 Å². The number of nitrogens with one attached hydrogen (secondary N) is 2. The van der Waals surface area contributed by atoms with Crippen LogP contribution in [-0.2, 0) is 6.54 Å². The Morgan fingerprint density at radius 3 is 2.46 bits per heavy atom. The highest BCUT2D eigenvalue weighted by Crippen LogP contribution is 2.23. The Kier molecular flexibility index (Phi) is 5.38. The van der Waals surface area contributed by atoms with Crippen LogP contribution in [0.2, 0.25) is 0 Å². The average Bonchev–Trinajstić information content (AvgIpc) is 3.01. The van der Waals surface area contributed by atoms with E-state index >= 15 is 0 Å². The van der Waals surface area contributed by atoms with Crippen LogP contribution in [0.3, 0.4) is 0 Å². The zero-order chi connectivity index (χ0) is 18.5. The number of carbonyl (C=O) groups excluding carboxylic acids is 2. The summed E-state index contributed by atoms with van der Waals surface area (Å²) in [6.07, 6.45) is 0. The molecule has 26 heavy (non-hydrogen) atoms. The summed E-state index contributed by atoms with van der Waals surface area (Å²) in [4.78, 5) is 29.1. The van der Waals surface area contributed by atoms with Crippen molar-refractivity contribution in [3.05, 3.63) is 82.1 Å². The Balaban J connectivity index is 1.67. The summed E-state index contributed by atoms with van der Waals surface area (Å²) in [7, 11) is 0. The fraction of sp³-hybridized carbons (Fsp3) is 0.105. The number of hydrogen-bond acceptors (Lipinski definition) is 4. The molecule has 0 spiro atoms. The number of aryl methyl sites for hydroxylation is 1. The maximum atomic E-state index is 13.7. The predicted octanol–water partition coefficient (Wildman–Crippen LogP) is 3.77. The molecule has 0 aliphatic rings. The Morgan fingerprint density at radius 2 is 1.73 bits per heavy atom. The summed E-state index contributed by atoms with van der Waals surface area (Å²) >= 11 is 1.05. The van der Waals surface area contributed by atoms with Gasteiger partial charge in [0, 0.05) is 6.54 Å². The van der Waals surface area contributed by atoms with Crippen LogP contribution in [0.25, 0.3) is 0 Å². The molecule has 2 amide bonds. The molecule has 1 heterocycles. The van der Waals surface area contributed by atoms with Crippen molar-refractivity contribution in [1.82, 2.24) is 10.3 Å².